The number of hydrogen-bond donors (Lipinski definition) is 3. The van der Waals surface area contributed by atoms with Gasteiger partial charge in [0.2, 0.25) is 5.91 Å². The molecule has 2 aliphatic carbocycles. The maximum absolute atomic E-state index is 15.0. The Morgan fingerprint density at radius 1 is 1.05 bits per heavy atom. The highest BCUT2D eigenvalue weighted by molar-refractivity contribution is 5.92. The van der Waals surface area contributed by atoms with Gasteiger partial charge in [-0.05, 0) is 73.3 Å². The van der Waals surface area contributed by atoms with E-state index in [1.54, 1.807) is 19.3 Å². The second-order valence-electron chi connectivity index (χ2n) is 10.7. The predicted molar refractivity (Wildman–Crippen MR) is 145 cm³/mol. The summed E-state index contributed by atoms with van der Waals surface area (Å²) >= 11 is 0. The van der Waals surface area contributed by atoms with Crippen molar-refractivity contribution in [1.82, 2.24) is 9.88 Å². The van der Waals surface area contributed by atoms with Gasteiger partial charge in [-0.25, -0.2) is 14.2 Å². The molecule has 5 rings (SSSR count). The second-order valence-corrected chi connectivity index (χ2v) is 10.7. The number of carbonyl (C=O) groups is 2. The summed E-state index contributed by atoms with van der Waals surface area (Å²) in [7, 11) is 1.60. The normalized spacial score (nSPS) is 20.0. The molecule has 0 saturated heterocycles. The molecule has 2 aromatic carbocycles. The molecule has 0 bridgehead atoms. The molecule has 2 saturated carbocycles. The zero-order valence-corrected chi connectivity index (χ0v) is 21.5. The van der Waals surface area contributed by atoms with E-state index in [-0.39, 0.29) is 23.7 Å². The van der Waals surface area contributed by atoms with Crippen molar-refractivity contribution < 1.29 is 19.1 Å². The lowest BCUT2D eigenvalue weighted by Crippen LogP contribution is -2.38. The van der Waals surface area contributed by atoms with Crippen LogP contribution >= 0.6 is 0 Å². The first kappa shape index (κ1) is 25.9. The van der Waals surface area contributed by atoms with Crippen LogP contribution in [0.2, 0.25) is 0 Å². The predicted octanol–water partition coefficient (Wildman–Crippen LogP) is 6.00. The standard InChI is InChI=1S/C30H33FN4O3/c1-35(29(37)38)22-10-7-19(8-11-22)15-28(36)34-27-17-23(20-5-3-2-4-6-20)24(18-33-27)21-9-12-25(26(31)16-21)30(32)13-14-30/h2-6,9,12,16-19,22H,7-8,10-11,13-15,32H2,1H3,(H,37,38)(H,33,34,36). The van der Waals surface area contributed by atoms with E-state index in [2.05, 4.69) is 10.3 Å². The van der Waals surface area contributed by atoms with Gasteiger partial charge >= 0.3 is 6.09 Å². The zero-order valence-electron chi connectivity index (χ0n) is 21.5. The third-order valence-electron chi connectivity index (χ3n) is 8.00. The Balaban J connectivity index is 1.32. The van der Waals surface area contributed by atoms with E-state index in [0.717, 1.165) is 55.2 Å². The first-order chi connectivity index (χ1) is 18.2. The van der Waals surface area contributed by atoms with E-state index in [0.29, 0.717) is 23.4 Å². The number of aromatic nitrogens is 1. The van der Waals surface area contributed by atoms with E-state index in [4.69, 9.17) is 5.73 Å². The Morgan fingerprint density at radius 2 is 1.76 bits per heavy atom. The Bertz CT molecular complexity index is 1330. The van der Waals surface area contributed by atoms with Gasteiger partial charge in [0.15, 0.2) is 0 Å². The van der Waals surface area contributed by atoms with Crippen molar-refractivity contribution >= 4 is 17.8 Å². The van der Waals surface area contributed by atoms with E-state index in [1.807, 2.05) is 42.5 Å². The van der Waals surface area contributed by atoms with Crippen molar-refractivity contribution in [2.45, 2.75) is 56.5 Å². The van der Waals surface area contributed by atoms with Gasteiger partial charge in [0.25, 0.3) is 0 Å². The number of pyridine rings is 1. The molecule has 2 aliphatic rings. The van der Waals surface area contributed by atoms with Crippen LogP contribution in [-0.4, -0.2) is 40.1 Å². The average Bonchev–Trinajstić information content (AvgIpc) is 3.66. The smallest absolute Gasteiger partial charge is 0.407 e. The van der Waals surface area contributed by atoms with Crippen LogP contribution in [0.25, 0.3) is 22.3 Å². The molecule has 4 N–H and O–H groups in total. The highest BCUT2D eigenvalue weighted by atomic mass is 19.1. The Labute approximate surface area is 221 Å². The first-order valence-corrected chi connectivity index (χ1v) is 13.1. The topological polar surface area (TPSA) is 109 Å². The Morgan fingerprint density at radius 3 is 2.39 bits per heavy atom. The first-order valence-electron chi connectivity index (χ1n) is 13.1. The highest BCUT2D eigenvalue weighted by Crippen LogP contribution is 2.44. The molecule has 1 heterocycles. The van der Waals surface area contributed by atoms with Crippen molar-refractivity contribution in [1.29, 1.82) is 0 Å². The minimum Gasteiger partial charge on any atom is -0.465 e. The van der Waals surface area contributed by atoms with Crippen LogP contribution in [0.1, 0.15) is 50.5 Å². The van der Waals surface area contributed by atoms with Crippen LogP contribution in [0.3, 0.4) is 0 Å². The van der Waals surface area contributed by atoms with Crippen molar-refractivity contribution in [2.75, 3.05) is 12.4 Å². The van der Waals surface area contributed by atoms with Gasteiger partial charge in [0.05, 0.1) is 0 Å². The number of nitrogens with zero attached hydrogens (tertiary/aromatic N) is 2. The molecule has 3 aromatic rings. The van der Waals surface area contributed by atoms with Crippen molar-refractivity contribution in [3.63, 3.8) is 0 Å². The largest absolute Gasteiger partial charge is 0.465 e. The van der Waals surface area contributed by atoms with Gasteiger partial charge in [0.1, 0.15) is 11.6 Å². The number of nitrogens with one attached hydrogen (secondary N) is 1. The fourth-order valence-electron chi connectivity index (χ4n) is 5.45. The maximum Gasteiger partial charge on any atom is 0.407 e. The molecular formula is C30H33FN4O3. The number of benzene rings is 2. The Hall–Kier alpha value is -3.78. The number of carboxylic acid groups (broad SMARTS) is 1. The van der Waals surface area contributed by atoms with Gasteiger partial charge in [-0.15, -0.1) is 0 Å². The number of anilines is 1. The molecule has 8 heteroatoms. The molecule has 0 spiro atoms. The van der Waals surface area contributed by atoms with Gasteiger partial charge < -0.3 is 21.1 Å². The molecular weight excluding hydrogens is 483 g/mol. The molecule has 2 amide bonds. The molecule has 7 nitrogen and oxygen atoms in total. The van der Waals surface area contributed by atoms with Crippen molar-refractivity contribution in [3.05, 3.63) is 72.2 Å². The molecule has 198 valence electrons. The van der Waals surface area contributed by atoms with Crippen LogP contribution in [-0.2, 0) is 10.3 Å². The summed E-state index contributed by atoms with van der Waals surface area (Å²) in [6.45, 7) is 0. The van der Waals surface area contributed by atoms with Gasteiger partial charge in [0, 0.05) is 42.4 Å². The maximum atomic E-state index is 15.0. The van der Waals surface area contributed by atoms with Gasteiger partial charge in [-0.1, -0.05) is 42.5 Å². The summed E-state index contributed by atoms with van der Waals surface area (Å²) in [5, 5.41) is 12.1. The molecule has 2 fully saturated rings. The third-order valence-corrected chi connectivity index (χ3v) is 8.00. The summed E-state index contributed by atoms with van der Waals surface area (Å²) in [5.41, 5.74) is 9.46. The number of rotatable bonds is 7. The summed E-state index contributed by atoms with van der Waals surface area (Å²) in [5.74, 6) is 0.212. The number of nitrogens with two attached hydrogens (primary N) is 1. The summed E-state index contributed by atoms with van der Waals surface area (Å²) in [6, 6.07) is 16.8. The molecule has 0 unspecified atom stereocenters. The van der Waals surface area contributed by atoms with E-state index < -0.39 is 11.6 Å². The quantitative estimate of drug-likeness (QED) is 0.357. The second kappa shape index (κ2) is 10.5. The number of hydrogen-bond acceptors (Lipinski definition) is 4. The molecule has 38 heavy (non-hydrogen) atoms. The van der Waals surface area contributed by atoms with Crippen LogP contribution in [0.15, 0.2) is 60.8 Å². The molecule has 1 aromatic heterocycles. The SMILES string of the molecule is CN(C(=O)O)C1CCC(CC(=O)Nc2cc(-c3ccccc3)c(-c3ccc(C4(N)CC4)c(F)c3)cn2)CC1. The lowest BCUT2D eigenvalue weighted by atomic mass is 9.83. The number of carbonyl (C=O) groups excluding carboxylic acids is 1. The van der Waals surface area contributed by atoms with Crippen LogP contribution in [0, 0.1) is 11.7 Å². The Kier molecular flexibility index (Phi) is 7.17. The van der Waals surface area contributed by atoms with Crippen LogP contribution < -0.4 is 11.1 Å². The van der Waals surface area contributed by atoms with Crippen molar-refractivity contribution in [2.24, 2.45) is 11.7 Å². The van der Waals surface area contributed by atoms with Crippen LogP contribution in [0.5, 0.6) is 0 Å². The van der Waals surface area contributed by atoms with Crippen molar-refractivity contribution in [3.8, 4) is 22.3 Å². The average molecular weight is 517 g/mol. The van der Waals surface area contributed by atoms with Crippen LogP contribution in [0.4, 0.5) is 15.0 Å². The monoisotopic (exact) mass is 516 g/mol. The lowest BCUT2D eigenvalue weighted by Gasteiger charge is -2.32. The van der Waals surface area contributed by atoms with E-state index in [9.17, 15) is 19.1 Å². The highest BCUT2D eigenvalue weighted by Gasteiger charge is 2.42. The number of amides is 2. The molecule has 0 atom stereocenters. The van der Waals surface area contributed by atoms with E-state index >= 15 is 0 Å². The molecule has 0 aliphatic heterocycles. The zero-order chi connectivity index (χ0) is 26.9. The summed E-state index contributed by atoms with van der Waals surface area (Å²) < 4.78 is 15.0. The van der Waals surface area contributed by atoms with E-state index in [1.165, 1.54) is 11.0 Å². The summed E-state index contributed by atoms with van der Waals surface area (Å²) in [6.07, 6.45) is 5.82. The molecule has 0 radical (unpaired) electrons. The fraction of sp³-hybridized carbons (Fsp3) is 0.367. The number of halogens is 1. The minimum absolute atomic E-state index is 0.00742. The third kappa shape index (κ3) is 5.55. The van der Waals surface area contributed by atoms with Gasteiger partial charge in [-0.3, -0.25) is 4.79 Å². The van der Waals surface area contributed by atoms with Gasteiger partial charge in [-0.2, -0.15) is 0 Å². The minimum atomic E-state index is -0.917. The fourth-order valence-corrected chi connectivity index (χ4v) is 5.45. The summed E-state index contributed by atoms with van der Waals surface area (Å²) in [4.78, 5) is 29.9. The lowest BCUT2D eigenvalue weighted by molar-refractivity contribution is -0.117.